The van der Waals surface area contributed by atoms with Gasteiger partial charge in [0, 0.05) is 18.1 Å². The summed E-state index contributed by atoms with van der Waals surface area (Å²) in [5.74, 6) is -0.519. The zero-order chi connectivity index (χ0) is 17.0. The molecule has 1 aliphatic heterocycles. The lowest BCUT2D eigenvalue weighted by atomic mass is 10.0. The fourth-order valence-electron chi connectivity index (χ4n) is 2.39. The summed E-state index contributed by atoms with van der Waals surface area (Å²) >= 11 is 11.9. The van der Waals surface area contributed by atoms with Gasteiger partial charge in [0.2, 0.25) is 5.91 Å². The van der Waals surface area contributed by atoms with Crippen molar-refractivity contribution < 1.29 is 14.3 Å². The van der Waals surface area contributed by atoms with Crippen LogP contribution < -0.4 is 5.32 Å². The summed E-state index contributed by atoms with van der Waals surface area (Å²) in [5.41, 5.74) is 0.302. The quantitative estimate of drug-likeness (QED) is 0.899. The maximum atomic E-state index is 12.6. The molecule has 0 aromatic heterocycles. The van der Waals surface area contributed by atoms with Crippen LogP contribution in [0, 0.1) is 5.92 Å². The van der Waals surface area contributed by atoms with Crippen LogP contribution in [0.15, 0.2) is 18.2 Å². The Morgan fingerprint density at radius 1 is 1.22 bits per heavy atom. The smallest absolute Gasteiger partial charge is 0.253 e. The summed E-state index contributed by atoms with van der Waals surface area (Å²) in [6, 6.07) is 4.05. The molecule has 2 amide bonds. The van der Waals surface area contributed by atoms with Crippen molar-refractivity contribution in [3.8, 4) is 0 Å². The molecule has 0 bridgehead atoms. The van der Waals surface area contributed by atoms with Crippen molar-refractivity contribution in [2.75, 3.05) is 26.3 Å². The van der Waals surface area contributed by atoms with Crippen molar-refractivity contribution in [2.45, 2.75) is 19.9 Å². The van der Waals surface area contributed by atoms with Gasteiger partial charge in [0.1, 0.15) is 6.04 Å². The minimum absolute atomic E-state index is 0.0413. The van der Waals surface area contributed by atoms with E-state index >= 15 is 0 Å². The van der Waals surface area contributed by atoms with Crippen LogP contribution in [0.4, 0.5) is 0 Å². The number of carbonyl (C=O) groups excluding carboxylic acids is 2. The fraction of sp³-hybridized carbons (Fsp3) is 0.500. The van der Waals surface area contributed by atoms with Crippen molar-refractivity contribution in [3.63, 3.8) is 0 Å². The summed E-state index contributed by atoms with van der Waals surface area (Å²) < 4.78 is 5.26. The molecule has 1 fully saturated rings. The second-order valence-corrected chi connectivity index (χ2v) is 6.60. The Labute approximate surface area is 145 Å². The first-order chi connectivity index (χ1) is 10.9. The summed E-state index contributed by atoms with van der Waals surface area (Å²) in [6.45, 7) is 5.92. The molecule has 2 rings (SSSR count). The maximum Gasteiger partial charge on any atom is 0.253 e. The molecule has 1 atom stereocenters. The Morgan fingerprint density at radius 2 is 1.87 bits per heavy atom. The van der Waals surface area contributed by atoms with Crippen molar-refractivity contribution in [2.24, 2.45) is 5.92 Å². The van der Waals surface area contributed by atoms with Crippen LogP contribution in [-0.4, -0.2) is 49.1 Å². The van der Waals surface area contributed by atoms with Crippen LogP contribution in [0.2, 0.25) is 10.0 Å². The van der Waals surface area contributed by atoms with E-state index in [9.17, 15) is 9.59 Å². The van der Waals surface area contributed by atoms with E-state index in [0.717, 1.165) is 0 Å². The molecule has 23 heavy (non-hydrogen) atoms. The Hall–Kier alpha value is -1.30. The number of halogens is 2. The maximum absolute atomic E-state index is 12.6. The van der Waals surface area contributed by atoms with Gasteiger partial charge in [-0.3, -0.25) is 9.59 Å². The molecule has 0 saturated carbocycles. The molecule has 7 heteroatoms. The van der Waals surface area contributed by atoms with Gasteiger partial charge < -0.3 is 15.0 Å². The summed E-state index contributed by atoms with van der Waals surface area (Å²) in [7, 11) is 0. The molecule has 0 radical (unpaired) electrons. The van der Waals surface area contributed by atoms with E-state index in [4.69, 9.17) is 27.9 Å². The van der Waals surface area contributed by atoms with Crippen LogP contribution >= 0.6 is 23.2 Å². The van der Waals surface area contributed by atoms with E-state index < -0.39 is 6.04 Å². The van der Waals surface area contributed by atoms with Gasteiger partial charge in [0.25, 0.3) is 5.91 Å². The van der Waals surface area contributed by atoms with Gasteiger partial charge in [0.05, 0.1) is 23.8 Å². The van der Waals surface area contributed by atoms with E-state index in [0.29, 0.717) is 36.9 Å². The first kappa shape index (κ1) is 18.0. The molecule has 1 aromatic rings. The number of rotatable bonds is 4. The zero-order valence-electron chi connectivity index (χ0n) is 13.1. The highest BCUT2D eigenvalue weighted by molar-refractivity contribution is 6.36. The topological polar surface area (TPSA) is 58.6 Å². The predicted molar refractivity (Wildman–Crippen MR) is 90.0 cm³/mol. The Kier molecular flexibility index (Phi) is 6.27. The average Bonchev–Trinajstić information content (AvgIpc) is 2.52. The van der Waals surface area contributed by atoms with E-state index in [1.807, 2.05) is 13.8 Å². The van der Waals surface area contributed by atoms with Gasteiger partial charge in [-0.2, -0.15) is 0 Å². The summed E-state index contributed by atoms with van der Waals surface area (Å²) in [5, 5.41) is 3.51. The van der Waals surface area contributed by atoms with Crippen LogP contribution in [0.3, 0.4) is 0 Å². The van der Waals surface area contributed by atoms with Crippen molar-refractivity contribution in [1.29, 1.82) is 0 Å². The number of benzene rings is 1. The minimum Gasteiger partial charge on any atom is -0.378 e. The Bertz CT molecular complexity index is 587. The molecule has 5 nitrogen and oxygen atoms in total. The number of morpholine rings is 1. The molecule has 1 N–H and O–H groups in total. The first-order valence-electron chi connectivity index (χ1n) is 7.52. The highest BCUT2D eigenvalue weighted by Gasteiger charge is 2.30. The third-order valence-electron chi connectivity index (χ3n) is 3.72. The minimum atomic E-state index is -0.604. The van der Waals surface area contributed by atoms with Crippen molar-refractivity contribution in [3.05, 3.63) is 33.8 Å². The number of hydrogen-bond acceptors (Lipinski definition) is 3. The first-order valence-corrected chi connectivity index (χ1v) is 8.28. The van der Waals surface area contributed by atoms with E-state index in [1.54, 1.807) is 17.0 Å². The number of ether oxygens (including phenoxy) is 1. The normalized spacial score (nSPS) is 16.3. The molecule has 0 spiro atoms. The van der Waals surface area contributed by atoms with Crippen LogP contribution in [0.5, 0.6) is 0 Å². The number of nitrogens with zero attached hydrogens (tertiary/aromatic N) is 1. The van der Waals surface area contributed by atoms with Gasteiger partial charge in [-0.15, -0.1) is 0 Å². The second-order valence-electron chi connectivity index (χ2n) is 5.76. The number of hydrogen-bond donors (Lipinski definition) is 1. The lowest BCUT2D eigenvalue weighted by molar-refractivity contribution is -0.138. The van der Waals surface area contributed by atoms with Gasteiger partial charge in [-0.25, -0.2) is 0 Å². The third-order valence-corrected chi connectivity index (χ3v) is 4.27. The summed E-state index contributed by atoms with van der Waals surface area (Å²) in [6.07, 6.45) is 0. The Morgan fingerprint density at radius 3 is 2.43 bits per heavy atom. The highest BCUT2D eigenvalue weighted by Crippen LogP contribution is 2.21. The molecular weight excluding hydrogens is 339 g/mol. The van der Waals surface area contributed by atoms with Gasteiger partial charge in [-0.05, 0) is 24.1 Å². The zero-order valence-corrected chi connectivity index (χ0v) is 14.7. The molecule has 1 saturated heterocycles. The van der Waals surface area contributed by atoms with Gasteiger partial charge in [0.15, 0.2) is 0 Å². The Balaban J connectivity index is 2.12. The molecule has 1 aromatic carbocycles. The van der Waals surface area contributed by atoms with E-state index in [1.165, 1.54) is 6.07 Å². The molecule has 1 aliphatic rings. The van der Waals surface area contributed by atoms with Crippen molar-refractivity contribution >= 4 is 35.0 Å². The molecule has 0 aliphatic carbocycles. The predicted octanol–water partition coefficient (Wildman–Crippen LogP) is 2.61. The van der Waals surface area contributed by atoms with Crippen molar-refractivity contribution in [1.82, 2.24) is 10.2 Å². The molecular formula is C16H20Cl2N2O3. The molecule has 1 heterocycles. The molecule has 126 valence electrons. The van der Waals surface area contributed by atoms with Crippen LogP contribution in [-0.2, 0) is 9.53 Å². The molecule has 1 unspecified atom stereocenters. The average molecular weight is 359 g/mol. The monoisotopic (exact) mass is 358 g/mol. The fourth-order valence-corrected chi connectivity index (χ4v) is 2.88. The number of carbonyl (C=O) groups is 2. The number of amides is 2. The van der Waals surface area contributed by atoms with E-state index in [2.05, 4.69) is 5.32 Å². The van der Waals surface area contributed by atoms with E-state index in [-0.39, 0.29) is 22.8 Å². The lowest BCUT2D eigenvalue weighted by Gasteiger charge is -2.32. The summed E-state index contributed by atoms with van der Waals surface area (Å²) in [4.78, 5) is 26.8. The van der Waals surface area contributed by atoms with Gasteiger partial charge in [-0.1, -0.05) is 37.0 Å². The number of nitrogens with one attached hydrogen (secondary N) is 1. The second kappa shape index (κ2) is 7.99. The van der Waals surface area contributed by atoms with Crippen LogP contribution in [0.25, 0.3) is 0 Å². The van der Waals surface area contributed by atoms with Crippen LogP contribution in [0.1, 0.15) is 24.2 Å². The largest absolute Gasteiger partial charge is 0.378 e. The SMILES string of the molecule is CC(C)C(NC(=O)c1ccc(Cl)cc1Cl)C(=O)N1CCOCC1. The van der Waals surface area contributed by atoms with Gasteiger partial charge >= 0.3 is 0 Å². The highest BCUT2D eigenvalue weighted by atomic mass is 35.5. The standard InChI is InChI=1S/C16H20Cl2N2O3/c1-10(2)14(16(22)20-5-7-23-8-6-20)19-15(21)12-4-3-11(17)9-13(12)18/h3-4,9-10,14H,5-8H2,1-2H3,(H,19,21). The lowest BCUT2D eigenvalue weighted by Crippen LogP contribution is -2.53. The third kappa shape index (κ3) is 4.59.